The molecule has 7 nitrogen and oxygen atoms in total. The standard InChI is InChI=1S/C21H33N7S.HI/c1-4-22-21(24-9-7-19-16-29-17(3)26-19)25-15-18-6-8-23-20(14-18)28-12-10-27(5-2)11-13-28;/h6,8,14,16H,4-5,7,9-13,15H2,1-3H3,(H2,22,24,25);1H. The fraction of sp³-hybridized carbons (Fsp3) is 0.571. The van der Waals surface area contributed by atoms with Crippen molar-refractivity contribution in [2.45, 2.75) is 33.7 Å². The summed E-state index contributed by atoms with van der Waals surface area (Å²) in [6, 6.07) is 4.23. The van der Waals surface area contributed by atoms with Crippen molar-refractivity contribution in [1.29, 1.82) is 0 Å². The number of hydrogen-bond acceptors (Lipinski definition) is 6. The molecule has 0 radical (unpaired) electrons. The topological polar surface area (TPSA) is 68.7 Å². The van der Waals surface area contributed by atoms with E-state index in [2.05, 4.69) is 61.8 Å². The van der Waals surface area contributed by atoms with Crippen LogP contribution in [0.15, 0.2) is 28.7 Å². The molecule has 9 heteroatoms. The fourth-order valence-electron chi connectivity index (χ4n) is 3.37. The van der Waals surface area contributed by atoms with Crippen molar-refractivity contribution in [2.75, 3.05) is 50.7 Å². The molecular formula is C21H34IN7S. The van der Waals surface area contributed by atoms with Crippen LogP contribution in [0.2, 0.25) is 0 Å². The molecular weight excluding hydrogens is 509 g/mol. The Kier molecular flexibility index (Phi) is 10.8. The number of aromatic nitrogens is 2. The van der Waals surface area contributed by atoms with Crippen LogP contribution in [0.5, 0.6) is 0 Å². The van der Waals surface area contributed by atoms with Crippen LogP contribution in [0, 0.1) is 6.92 Å². The lowest BCUT2D eigenvalue weighted by molar-refractivity contribution is 0.270. The summed E-state index contributed by atoms with van der Waals surface area (Å²) < 4.78 is 0. The number of likely N-dealkylation sites (N-methyl/N-ethyl adjacent to an activating group) is 1. The number of thiazole rings is 1. The van der Waals surface area contributed by atoms with Gasteiger partial charge in [-0.1, -0.05) is 6.92 Å². The van der Waals surface area contributed by atoms with Gasteiger partial charge in [-0.2, -0.15) is 0 Å². The largest absolute Gasteiger partial charge is 0.357 e. The maximum absolute atomic E-state index is 4.75. The summed E-state index contributed by atoms with van der Waals surface area (Å²) in [5.41, 5.74) is 2.32. The molecule has 166 valence electrons. The van der Waals surface area contributed by atoms with Crippen LogP contribution in [0.1, 0.15) is 30.1 Å². The number of aliphatic imine (C=N–C) groups is 1. The minimum Gasteiger partial charge on any atom is -0.357 e. The van der Waals surface area contributed by atoms with Gasteiger partial charge in [-0.05, 0) is 38.1 Å². The molecule has 0 bridgehead atoms. The van der Waals surface area contributed by atoms with E-state index in [1.54, 1.807) is 11.3 Å². The molecule has 3 heterocycles. The molecule has 1 aliphatic rings. The predicted octanol–water partition coefficient (Wildman–Crippen LogP) is 2.90. The first kappa shape index (κ1) is 24.8. The second-order valence-electron chi connectivity index (χ2n) is 7.17. The van der Waals surface area contributed by atoms with Crippen LogP contribution in [0.4, 0.5) is 5.82 Å². The molecule has 0 spiro atoms. The second kappa shape index (κ2) is 13.1. The number of guanidine groups is 1. The van der Waals surface area contributed by atoms with Crippen LogP contribution in [0.25, 0.3) is 0 Å². The van der Waals surface area contributed by atoms with Gasteiger partial charge in [-0.3, -0.25) is 0 Å². The first-order valence-corrected chi connectivity index (χ1v) is 11.4. The van der Waals surface area contributed by atoms with Gasteiger partial charge >= 0.3 is 0 Å². The second-order valence-corrected chi connectivity index (χ2v) is 8.24. The van der Waals surface area contributed by atoms with E-state index >= 15 is 0 Å². The van der Waals surface area contributed by atoms with Crippen LogP contribution < -0.4 is 15.5 Å². The number of hydrogen-bond donors (Lipinski definition) is 2. The Morgan fingerprint density at radius 3 is 2.67 bits per heavy atom. The number of rotatable bonds is 8. The summed E-state index contributed by atoms with van der Waals surface area (Å²) >= 11 is 1.70. The zero-order chi connectivity index (χ0) is 20.5. The Balaban J connectivity index is 0.00000320. The minimum absolute atomic E-state index is 0. The number of halogens is 1. The SMILES string of the molecule is CCNC(=NCc1ccnc(N2CCN(CC)CC2)c1)NCCc1csc(C)n1.I. The molecule has 0 amide bonds. The fourth-order valence-corrected chi connectivity index (χ4v) is 4.02. The molecule has 0 unspecified atom stereocenters. The summed E-state index contributed by atoms with van der Waals surface area (Å²) in [6.07, 6.45) is 2.80. The zero-order valence-corrected chi connectivity index (χ0v) is 21.4. The average molecular weight is 544 g/mol. The van der Waals surface area contributed by atoms with Gasteiger partial charge in [-0.25, -0.2) is 15.0 Å². The van der Waals surface area contributed by atoms with E-state index in [1.807, 2.05) is 13.1 Å². The maximum atomic E-state index is 4.75. The Hall–Kier alpha value is -1.46. The summed E-state index contributed by atoms with van der Waals surface area (Å²) in [6.45, 7) is 14.0. The number of nitrogens with one attached hydrogen (secondary N) is 2. The third-order valence-corrected chi connectivity index (χ3v) is 5.88. The first-order valence-electron chi connectivity index (χ1n) is 10.5. The normalized spacial score (nSPS) is 15.0. The van der Waals surface area contributed by atoms with Crippen molar-refractivity contribution in [2.24, 2.45) is 4.99 Å². The van der Waals surface area contributed by atoms with Crippen molar-refractivity contribution in [3.05, 3.63) is 40.0 Å². The minimum atomic E-state index is 0. The molecule has 0 aromatic carbocycles. The summed E-state index contributed by atoms with van der Waals surface area (Å²) in [5, 5.41) is 9.97. The van der Waals surface area contributed by atoms with E-state index < -0.39 is 0 Å². The highest BCUT2D eigenvalue weighted by Crippen LogP contribution is 2.15. The van der Waals surface area contributed by atoms with Gasteiger partial charge in [0.1, 0.15) is 5.82 Å². The first-order chi connectivity index (χ1) is 14.2. The van der Waals surface area contributed by atoms with E-state index in [0.29, 0.717) is 6.54 Å². The van der Waals surface area contributed by atoms with Gasteiger partial charge in [0.05, 0.1) is 17.2 Å². The molecule has 1 aliphatic heterocycles. The molecule has 2 N–H and O–H groups in total. The van der Waals surface area contributed by atoms with Crippen molar-refractivity contribution in [1.82, 2.24) is 25.5 Å². The van der Waals surface area contributed by atoms with Crippen LogP contribution >= 0.6 is 35.3 Å². The smallest absolute Gasteiger partial charge is 0.191 e. The summed E-state index contributed by atoms with van der Waals surface area (Å²) in [4.78, 5) is 18.7. The lowest BCUT2D eigenvalue weighted by Crippen LogP contribution is -2.46. The van der Waals surface area contributed by atoms with Crippen molar-refractivity contribution < 1.29 is 0 Å². The molecule has 0 aliphatic carbocycles. The van der Waals surface area contributed by atoms with E-state index in [0.717, 1.165) is 74.7 Å². The van der Waals surface area contributed by atoms with Crippen LogP contribution in [0.3, 0.4) is 0 Å². The van der Waals surface area contributed by atoms with Gasteiger partial charge in [0.25, 0.3) is 0 Å². The Morgan fingerprint density at radius 2 is 2.00 bits per heavy atom. The third kappa shape index (κ3) is 7.66. The van der Waals surface area contributed by atoms with Crippen LogP contribution in [-0.2, 0) is 13.0 Å². The van der Waals surface area contributed by atoms with Gasteiger partial charge in [0.15, 0.2) is 5.96 Å². The molecule has 0 saturated carbocycles. The number of piperazine rings is 1. The molecule has 3 rings (SSSR count). The predicted molar refractivity (Wildman–Crippen MR) is 137 cm³/mol. The number of aryl methyl sites for hydroxylation is 1. The van der Waals surface area contributed by atoms with Crippen molar-refractivity contribution in [3.63, 3.8) is 0 Å². The van der Waals surface area contributed by atoms with E-state index in [-0.39, 0.29) is 24.0 Å². The maximum Gasteiger partial charge on any atom is 0.191 e. The van der Waals surface area contributed by atoms with E-state index in [9.17, 15) is 0 Å². The average Bonchev–Trinajstić information content (AvgIpc) is 3.17. The highest BCUT2D eigenvalue weighted by atomic mass is 127. The van der Waals surface area contributed by atoms with E-state index in [1.165, 1.54) is 5.56 Å². The zero-order valence-electron chi connectivity index (χ0n) is 18.2. The number of anilines is 1. The summed E-state index contributed by atoms with van der Waals surface area (Å²) in [7, 11) is 0. The lowest BCUT2D eigenvalue weighted by Gasteiger charge is -2.34. The van der Waals surface area contributed by atoms with E-state index in [4.69, 9.17) is 4.99 Å². The Labute approximate surface area is 201 Å². The highest BCUT2D eigenvalue weighted by Gasteiger charge is 2.16. The molecule has 30 heavy (non-hydrogen) atoms. The quantitative estimate of drug-likeness (QED) is 0.303. The molecule has 2 aromatic rings. The Morgan fingerprint density at radius 1 is 1.20 bits per heavy atom. The molecule has 2 aromatic heterocycles. The number of pyridine rings is 1. The van der Waals surface area contributed by atoms with Gasteiger partial charge in [-0.15, -0.1) is 35.3 Å². The molecule has 1 fully saturated rings. The Bertz CT molecular complexity index is 787. The summed E-state index contributed by atoms with van der Waals surface area (Å²) in [5.74, 6) is 1.90. The van der Waals surface area contributed by atoms with Crippen LogP contribution in [-0.4, -0.2) is 66.6 Å². The number of nitrogens with zero attached hydrogens (tertiary/aromatic N) is 5. The lowest BCUT2D eigenvalue weighted by atomic mass is 10.2. The van der Waals surface area contributed by atoms with Gasteiger partial charge in [0, 0.05) is 57.3 Å². The highest BCUT2D eigenvalue weighted by molar-refractivity contribution is 14.0. The molecule has 1 saturated heterocycles. The van der Waals surface area contributed by atoms with Crippen molar-refractivity contribution in [3.8, 4) is 0 Å². The van der Waals surface area contributed by atoms with Gasteiger partial charge in [0.2, 0.25) is 0 Å². The molecule has 0 atom stereocenters. The third-order valence-electron chi connectivity index (χ3n) is 5.06. The van der Waals surface area contributed by atoms with Crippen molar-refractivity contribution >= 4 is 47.1 Å². The van der Waals surface area contributed by atoms with Gasteiger partial charge < -0.3 is 20.4 Å². The monoisotopic (exact) mass is 543 g/mol.